The normalized spacial score (nSPS) is 10.7. The molecule has 0 fully saturated rings. The van der Waals surface area contributed by atoms with Crippen LogP contribution in [0.1, 0.15) is 16.1 Å². The molecule has 0 aliphatic rings. The molecule has 1 aromatic heterocycles. The molecule has 0 radical (unpaired) electrons. The van der Waals surface area contributed by atoms with Crippen molar-refractivity contribution in [1.82, 2.24) is 4.98 Å². The molecule has 2 aromatic carbocycles. The molecule has 6 heteroatoms. The zero-order valence-corrected chi connectivity index (χ0v) is 12.6. The summed E-state index contributed by atoms with van der Waals surface area (Å²) in [5, 5.41) is 19.9. The summed E-state index contributed by atoms with van der Waals surface area (Å²) in [7, 11) is 0. The summed E-state index contributed by atoms with van der Waals surface area (Å²) in [6, 6.07) is 14.5. The quantitative estimate of drug-likeness (QED) is 0.710. The smallest absolute Gasteiger partial charge is 0.358 e. The minimum atomic E-state index is -1.35. The molecule has 3 rings (SSSR count). The highest BCUT2D eigenvalue weighted by Gasteiger charge is 2.18. The highest BCUT2D eigenvalue weighted by atomic mass is 35.5. The molecule has 0 spiro atoms. The summed E-state index contributed by atoms with van der Waals surface area (Å²) in [6.07, 6.45) is 0. The Morgan fingerprint density at radius 1 is 1.13 bits per heavy atom. The van der Waals surface area contributed by atoms with Gasteiger partial charge in [-0.25, -0.2) is 9.78 Å². The number of aromatic hydroxyl groups is 1. The van der Waals surface area contributed by atoms with Gasteiger partial charge in [-0.15, -0.1) is 0 Å². The number of carboxylic acids is 1. The van der Waals surface area contributed by atoms with Crippen LogP contribution in [0.3, 0.4) is 0 Å². The van der Waals surface area contributed by atoms with Crippen LogP contribution in [0, 0.1) is 0 Å². The second-order valence-electron chi connectivity index (χ2n) is 4.89. The lowest BCUT2D eigenvalue weighted by molar-refractivity contribution is 0.0687. The van der Waals surface area contributed by atoms with Gasteiger partial charge in [0.2, 0.25) is 0 Å². The van der Waals surface area contributed by atoms with Crippen molar-refractivity contribution in [1.29, 1.82) is 0 Å². The van der Waals surface area contributed by atoms with Crippen molar-refractivity contribution in [3.8, 4) is 11.5 Å². The molecule has 2 N–H and O–H groups in total. The van der Waals surface area contributed by atoms with Crippen LogP contribution in [0.15, 0.2) is 48.5 Å². The van der Waals surface area contributed by atoms with E-state index in [9.17, 15) is 9.90 Å². The van der Waals surface area contributed by atoms with Crippen LogP contribution in [-0.4, -0.2) is 21.2 Å². The Balaban J connectivity index is 1.97. The first-order chi connectivity index (χ1) is 11.1. The predicted octanol–water partition coefficient (Wildman–Crippen LogP) is 3.87. The first kappa shape index (κ1) is 15.1. The lowest BCUT2D eigenvalue weighted by Gasteiger charge is -2.10. The standard InChI is InChI=1S/C17H12ClNO4/c18-16-12-7-6-11(23-9-10-4-2-1-3-5-10)8-13(12)15(20)14(19-16)17(21)22/h1-8,20H,9H2,(H,21,22). The number of rotatable bonds is 4. The number of carbonyl (C=O) groups is 1. The lowest BCUT2D eigenvalue weighted by Crippen LogP contribution is -2.02. The number of ether oxygens (including phenoxy) is 1. The average Bonchev–Trinajstić information content (AvgIpc) is 2.57. The number of hydrogen-bond acceptors (Lipinski definition) is 4. The topological polar surface area (TPSA) is 79.7 Å². The van der Waals surface area contributed by atoms with Crippen molar-refractivity contribution in [2.75, 3.05) is 0 Å². The zero-order valence-electron chi connectivity index (χ0n) is 11.9. The number of pyridine rings is 1. The van der Waals surface area contributed by atoms with Gasteiger partial charge >= 0.3 is 5.97 Å². The molecule has 0 aliphatic heterocycles. The number of aromatic carboxylic acids is 1. The van der Waals surface area contributed by atoms with E-state index in [2.05, 4.69) is 4.98 Å². The Morgan fingerprint density at radius 3 is 2.57 bits per heavy atom. The molecule has 23 heavy (non-hydrogen) atoms. The third-order valence-electron chi connectivity index (χ3n) is 3.35. The van der Waals surface area contributed by atoms with Crippen molar-refractivity contribution < 1.29 is 19.7 Å². The van der Waals surface area contributed by atoms with E-state index in [4.69, 9.17) is 21.4 Å². The molecule has 0 aliphatic carbocycles. The third-order valence-corrected chi connectivity index (χ3v) is 3.64. The number of halogens is 1. The SMILES string of the molecule is O=C(O)c1nc(Cl)c2ccc(OCc3ccccc3)cc2c1O. The fourth-order valence-corrected chi connectivity index (χ4v) is 2.47. The van der Waals surface area contributed by atoms with Crippen LogP contribution in [0.2, 0.25) is 5.15 Å². The van der Waals surface area contributed by atoms with Gasteiger partial charge in [0.15, 0.2) is 11.4 Å². The minimum absolute atomic E-state index is 0.0183. The summed E-state index contributed by atoms with van der Waals surface area (Å²) >= 11 is 5.98. The fraction of sp³-hybridized carbons (Fsp3) is 0.0588. The maximum Gasteiger partial charge on any atom is 0.358 e. The van der Waals surface area contributed by atoms with Crippen molar-refractivity contribution in [2.45, 2.75) is 6.61 Å². The van der Waals surface area contributed by atoms with E-state index in [-0.39, 0.29) is 10.5 Å². The van der Waals surface area contributed by atoms with Crippen LogP contribution in [-0.2, 0) is 6.61 Å². The molecule has 116 valence electrons. The minimum Gasteiger partial charge on any atom is -0.505 e. The molecule has 0 bridgehead atoms. The predicted molar refractivity (Wildman–Crippen MR) is 86.2 cm³/mol. The Labute approximate surface area is 136 Å². The van der Waals surface area contributed by atoms with Crippen molar-refractivity contribution in [3.05, 3.63) is 64.9 Å². The molecular weight excluding hydrogens is 318 g/mol. The summed E-state index contributed by atoms with van der Waals surface area (Å²) in [5.41, 5.74) is 0.513. The molecule has 0 saturated carbocycles. The summed E-state index contributed by atoms with van der Waals surface area (Å²) in [4.78, 5) is 14.8. The van der Waals surface area contributed by atoms with E-state index in [0.717, 1.165) is 5.56 Å². The monoisotopic (exact) mass is 329 g/mol. The van der Waals surface area contributed by atoms with E-state index in [0.29, 0.717) is 17.7 Å². The second-order valence-corrected chi connectivity index (χ2v) is 5.24. The lowest BCUT2D eigenvalue weighted by atomic mass is 10.1. The first-order valence-corrected chi connectivity index (χ1v) is 7.16. The molecule has 1 heterocycles. The average molecular weight is 330 g/mol. The molecule has 3 aromatic rings. The molecule has 0 atom stereocenters. The van der Waals surface area contributed by atoms with Gasteiger partial charge in [-0.3, -0.25) is 0 Å². The van der Waals surface area contributed by atoms with Gasteiger partial charge in [-0.2, -0.15) is 0 Å². The Morgan fingerprint density at radius 2 is 1.87 bits per heavy atom. The van der Waals surface area contributed by atoms with Crippen LogP contribution in [0.5, 0.6) is 11.5 Å². The molecule has 0 unspecified atom stereocenters. The number of benzene rings is 2. The van der Waals surface area contributed by atoms with Crippen LogP contribution in [0.25, 0.3) is 10.8 Å². The number of aromatic nitrogens is 1. The highest BCUT2D eigenvalue weighted by molar-refractivity contribution is 6.34. The summed E-state index contributed by atoms with van der Waals surface area (Å²) in [5.74, 6) is -1.28. The van der Waals surface area contributed by atoms with Gasteiger partial charge in [-0.05, 0) is 23.8 Å². The Kier molecular flexibility index (Phi) is 4.04. The van der Waals surface area contributed by atoms with Crippen molar-refractivity contribution >= 4 is 28.3 Å². The Hall–Kier alpha value is -2.79. The van der Waals surface area contributed by atoms with Gasteiger partial charge in [0.05, 0.1) is 0 Å². The molecule has 0 amide bonds. The molecule has 0 saturated heterocycles. The number of hydrogen-bond donors (Lipinski definition) is 2. The van der Waals surface area contributed by atoms with E-state index >= 15 is 0 Å². The fourth-order valence-electron chi connectivity index (χ4n) is 2.22. The van der Waals surface area contributed by atoms with Crippen LogP contribution >= 0.6 is 11.6 Å². The number of fused-ring (bicyclic) bond motifs is 1. The third kappa shape index (κ3) is 3.05. The van der Waals surface area contributed by atoms with Gasteiger partial charge in [0, 0.05) is 10.8 Å². The number of carboxylic acid groups (broad SMARTS) is 1. The van der Waals surface area contributed by atoms with Gasteiger partial charge < -0.3 is 14.9 Å². The van der Waals surface area contributed by atoms with Crippen LogP contribution in [0.4, 0.5) is 0 Å². The van der Waals surface area contributed by atoms with Crippen molar-refractivity contribution in [3.63, 3.8) is 0 Å². The van der Waals surface area contributed by atoms with Gasteiger partial charge in [-0.1, -0.05) is 41.9 Å². The summed E-state index contributed by atoms with van der Waals surface area (Å²) in [6.45, 7) is 0.359. The molecule has 5 nitrogen and oxygen atoms in total. The van der Waals surface area contributed by atoms with Crippen molar-refractivity contribution in [2.24, 2.45) is 0 Å². The highest BCUT2D eigenvalue weighted by Crippen LogP contribution is 2.34. The summed E-state index contributed by atoms with van der Waals surface area (Å²) < 4.78 is 5.67. The Bertz CT molecular complexity index is 881. The van der Waals surface area contributed by atoms with E-state index in [1.165, 1.54) is 0 Å². The largest absolute Gasteiger partial charge is 0.505 e. The van der Waals surface area contributed by atoms with E-state index in [1.54, 1.807) is 18.2 Å². The van der Waals surface area contributed by atoms with Crippen LogP contribution < -0.4 is 4.74 Å². The maximum absolute atomic E-state index is 11.1. The molecular formula is C17H12ClNO4. The zero-order chi connectivity index (χ0) is 16.4. The number of nitrogens with zero attached hydrogens (tertiary/aromatic N) is 1. The first-order valence-electron chi connectivity index (χ1n) is 6.78. The van der Waals surface area contributed by atoms with Gasteiger partial charge in [0.25, 0.3) is 0 Å². The second kappa shape index (κ2) is 6.14. The van der Waals surface area contributed by atoms with Gasteiger partial charge in [0.1, 0.15) is 17.5 Å². The maximum atomic E-state index is 11.1. The van der Waals surface area contributed by atoms with E-state index < -0.39 is 17.4 Å². The van der Waals surface area contributed by atoms with E-state index in [1.807, 2.05) is 30.3 Å².